The van der Waals surface area contributed by atoms with Gasteiger partial charge in [-0.15, -0.1) is 12.4 Å². The van der Waals surface area contributed by atoms with Crippen LogP contribution >= 0.6 is 12.4 Å². The SMILES string of the molecule is CCC(N)Cc1ccc(-c2ccncc2)cc1.Cl. The number of benzene rings is 1. The van der Waals surface area contributed by atoms with Gasteiger partial charge in [0, 0.05) is 18.4 Å². The summed E-state index contributed by atoms with van der Waals surface area (Å²) in [6, 6.07) is 12.9. The number of nitrogens with two attached hydrogens (primary N) is 1. The Hall–Kier alpha value is -1.38. The van der Waals surface area contributed by atoms with E-state index in [9.17, 15) is 0 Å². The lowest BCUT2D eigenvalue weighted by atomic mass is 10.0. The maximum Gasteiger partial charge on any atom is 0.0273 e. The van der Waals surface area contributed by atoms with Crippen LogP contribution in [0.5, 0.6) is 0 Å². The molecule has 96 valence electrons. The lowest BCUT2D eigenvalue weighted by Gasteiger charge is -2.09. The number of halogens is 1. The molecule has 0 aliphatic carbocycles. The second kappa shape index (κ2) is 7.14. The molecule has 0 aliphatic heterocycles. The van der Waals surface area contributed by atoms with E-state index in [1.165, 1.54) is 16.7 Å². The van der Waals surface area contributed by atoms with E-state index in [1.54, 1.807) is 0 Å². The maximum absolute atomic E-state index is 5.95. The third kappa shape index (κ3) is 3.83. The van der Waals surface area contributed by atoms with Gasteiger partial charge in [0.2, 0.25) is 0 Å². The van der Waals surface area contributed by atoms with Gasteiger partial charge in [-0.1, -0.05) is 31.2 Å². The van der Waals surface area contributed by atoms with Gasteiger partial charge in [0.05, 0.1) is 0 Å². The van der Waals surface area contributed by atoms with E-state index in [0.29, 0.717) is 0 Å². The molecule has 0 spiro atoms. The summed E-state index contributed by atoms with van der Waals surface area (Å²) in [5.41, 5.74) is 9.67. The van der Waals surface area contributed by atoms with Crippen molar-refractivity contribution in [3.8, 4) is 11.1 Å². The molecule has 2 rings (SSSR count). The molecule has 2 nitrogen and oxygen atoms in total. The Kier molecular flexibility index (Phi) is 5.83. The van der Waals surface area contributed by atoms with Gasteiger partial charge in [-0.3, -0.25) is 4.98 Å². The van der Waals surface area contributed by atoms with Gasteiger partial charge >= 0.3 is 0 Å². The summed E-state index contributed by atoms with van der Waals surface area (Å²) in [5.74, 6) is 0. The summed E-state index contributed by atoms with van der Waals surface area (Å²) >= 11 is 0. The summed E-state index contributed by atoms with van der Waals surface area (Å²) in [7, 11) is 0. The molecule has 1 heterocycles. The van der Waals surface area contributed by atoms with Crippen molar-refractivity contribution >= 4 is 12.4 Å². The highest BCUT2D eigenvalue weighted by Gasteiger charge is 2.02. The Balaban J connectivity index is 0.00000162. The van der Waals surface area contributed by atoms with Crippen LogP contribution in [0.1, 0.15) is 18.9 Å². The number of nitrogens with zero attached hydrogens (tertiary/aromatic N) is 1. The number of pyridine rings is 1. The Bertz CT molecular complexity index is 454. The summed E-state index contributed by atoms with van der Waals surface area (Å²) in [5, 5.41) is 0. The summed E-state index contributed by atoms with van der Waals surface area (Å²) in [4.78, 5) is 4.02. The molecule has 1 unspecified atom stereocenters. The fourth-order valence-corrected chi connectivity index (χ4v) is 1.82. The third-order valence-electron chi connectivity index (χ3n) is 2.99. The normalized spacial score (nSPS) is 11.7. The van der Waals surface area contributed by atoms with Crippen molar-refractivity contribution in [2.24, 2.45) is 5.73 Å². The number of hydrogen-bond donors (Lipinski definition) is 1. The lowest BCUT2D eigenvalue weighted by Crippen LogP contribution is -2.21. The van der Waals surface area contributed by atoms with E-state index < -0.39 is 0 Å². The van der Waals surface area contributed by atoms with Crippen molar-refractivity contribution in [1.29, 1.82) is 0 Å². The fourth-order valence-electron chi connectivity index (χ4n) is 1.82. The van der Waals surface area contributed by atoms with E-state index >= 15 is 0 Å². The molecule has 0 aliphatic rings. The fraction of sp³-hybridized carbons (Fsp3) is 0.267. The van der Waals surface area contributed by atoms with Crippen LogP contribution in [0, 0.1) is 0 Å². The standard InChI is InChI=1S/C15H18N2.ClH/c1-2-15(16)11-12-3-5-13(6-4-12)14-7-9-17-10-8-14;/h3-10,15H,2,11,16H2,1H3;1H. The van der Waals surface area contributed by atoms with Crippen LogP contribution < -0.4 is 5.73 Å². The number of aromatic nitrogens is 1. The average Bonchev–Trinajstić information content (AvgIpc) is 2.40. The van der Waals surface area contributed by atoms with Crippen LogP contribution in [0.4, 0.5) is 0 Å². The second-order valence-electron chi connectivity index (χ2n) is 4.31. The molecule has 2 aromatic rings. The minimum Gasteiger partial charge on any atom is -0.327 e. The molecule has 1 aromatic heterocycles. The number of rotatable bonds is 4. The van der Waals surface area contributed by atoms with Gasteiger partial charge in [-0.05, 0) is 41.7 Å². The van der Waals surface area contributed by atoms with Gasteiger partial charge in [0.15, 0.2) is 0 Å². The van der Waals surface area contributed by atoms with Gasteiger partial charge < -0.3 is 5.73 Å². The molecular weight excluding hydrogens is 244 g/mol. The minimum absolute atomic E-state index is 0. The Morgan fingerprint density at radius 3 is 2.11 bits per heavy atom. The van der Waals surface area contributed by atoms with E-state index in [4.69, 9.17) is 5.73 Å². The monoisotopic (exact) mass is 262 g/mol. The van der Waals surface area contributed by atoms with Crippen LogP contribution in [0.15, 0.2) is 48.8 Å². The quantitative estimate of drug-likeness (QED) is 0.917. The van der Waals surface area contributed by atoms with Crippen molar-refractivity contribution in [3.63, 3.8) is 0 Å². The molecule has 18 heavy (non-hydrogen) atoms. The minimum atomic E-state index is 0. The molecule has 0 saturated carbocycles. The van der Waals surface area contributed by atoms with Crippen LogP contribution in [0.25, 0.3) is 11.1 Å². The molecule has 0 saturated heterocycles. The number of hydrogen-bond acceptors (Lipinski definition) is 2. The molecule has 1 atom stereocenters. The van der Waals surface area contributed by atoms with Gasteiger partial charge in [0.1, 0.15) is 0 Å². The van der Waals surface area contributed by atoms with Crippen LogP contribution in [0.3, 0.4) is 0 Å². The van der Waals surface area contributed by atoms with Crippen molar-refractivity contribution < 1.29 is 0 Å². The Morgan fingerprint density at radius 1 is 1.00 bits per heavy atom. The predicted molar refractivity (Wildman–Crippen MR) is 78.9 cm³/mol. The van der Waals surface area contributed by atoms with E-state index in [0.717, 1.165) is 12.8 Å². The summed E-state index contributed by atoms with van der Waals surface area (Å²) < 4.78 is 0. The van der Waals surface area contributed by atoms with Crippen LogP contribution in [-0.2, 0) is 6.42 Å². The van der Waals surface area contributed by atoms with Gasteiger partial charge in [-0.2, -0.15) is 0 Å². The van der Waals surface area contributed by atoms with E-state index in [-0.39, 0.29) is 18.4 Å². The molecule has 1 aromatic carbocycles. The molecule has 0 radical (unpaired) electrons. The van der Waals surface area contributed by atoms with Crippen molar-refractivity contribution in [3.05, 3.63) is 54.4 Å². The smallest absolute Gasteiger partial charge is 0.0273 e. The summed E-state index contributed by atoms with van der Waals surface area (Å²) in [6.45, 7) is 2.12. The first-order valence-electron chi connectivity index (χ1n) is 6.04. The zero-order valence-electron chi connectivity index (χ0n) is 10.5. The van der Waals surface area contributed by atoms with Crippen molar-refractivity contribution in [2.45, 2.75) is 25.8 Å². The van der Waals surface area contributed by atoms with Gasteiger partial charge in [-0.25, -0.2) is 0 Å². The van der Waals surface area contributed by atoms with Gasteiger partial charge in [0.25, 0.3) is 0 Å². The van der Waals surface area contributed by atoms with Crippen LogP contribution in [-0.4, -0.2) is 11.0 Å². The second-order valence-corrected chi connectivity index (χ2v) is 4.31. The molecule has 0 fully saturated rings. The first kappa shape index (κ1) is 14.7. The predicted octanol–water partition coefficient (Wildman–Crippen LogP) is 3.45. The Morgan fingerprint density at radius 2 is 1.56 bits per heavy atom. The average molecular weight is 263 g/mol. The lowest BCUT2D eigenvalue weighted by molar-refractivity contribution is 0.646. The first-order valence-corrected chi connectivity index (χ1v) is 6.04. The van der Waals surface area contributed by atoms with E-state index in [2.05, 4.69) is 36.2 Å². The highest BCUT2D eigenvalue weighted by atomic mass is 35.5. The topological polar surface area (TPSA) is 38.9 Å². The zero-order valence-corrected chi connectivity index (χ0v) is 11.4. The molecule has 2 N–H and O–H groups in total. The molecule has 3 heteroatoms. The molecule has 0 amide bonds. The Labute approximate surface area is 115 Å². The van der Waals surface area contributed by atoms with E-state index in [1.807, 2.05) is 24.5 Å². The molecular formula is C15H19ClN2. The third-order valence-corrected chi connectivity index (χ3v) is 2.99. The first-order chi connectivity index (χ1) is 8.29. The van der Waals surface area contributed by atoms with Crippen molar-refractivity contribution in [1.82, 2.24) is 4.98 Å². The molecule has 0 bridgehead atoms. The maximum atomic E-state index is 5.95. The van der Waals surface area contributed by atoms with Crippen LogP contribution in [0.2, 0.25) is 0 Å². The zero-order chi connectivity index (χ0) is 12.1. The highest BCUT2D eigenvalue weighted by Crippen LogP contribution is 2.19. The summed E-state index contributed by atoms with van der Waals surface area (Å²) in [6.07, 6.45) is 5.60. The highest BCUT2D eigenvalue weighted by molar-refractivity contribution is 5.85. The largest absolute Gasteiger partial charge is 0.327 e. The van der Waals surface area contributed by atoms with Crippen molar-refractivity contribution in [2.75, 3.05) is 0 Å².